The molecule has 3 aromatic heterocycles. The molecule has 0 atom stereocenters. The van der Waals surface area contributed by atoms with Crippen LogP contribution in [0.15, 0.2) is 218 Å². The minimum Gasteiger partial charge on any atom is -0.310 e. The van der Waals surface area contributed by atoms with E-state index in [0.717, 1.165) is 5.69 Å². The molecule has 20 rings (SSSR count). The molecule has 0 fully saturated rings. The Morgan fingerprint density at radius 2 is 0.635 bits per heavy atom. The third-order valence-corrected chi connectivity index (χ3v) is 18.2. The molecule has 0 spiro atoms. The summed E-state index contributed by atoms with van der Waals surface area (Å²) in [6.07, 6.45) is 0. The largest absolute Gasteiger partial charge is 0.310 e. The van der Waals surface area contributed by atoms with E-state index in [1.54, 1.807) is 0 Å². The summed E-state index contributed by atoms with van der Waals surface area (Å²) < 4.78 is 7.99. The van der Waals surface area contributed by atoms with E-state index in [-0.39, 0.29) is 6.71 Å². The summed E-state index contributed by atoms with van der Waals surface area (Å²) in [5.41, 5.74) is 25.7. The van der Waals surface area contributed by atoms with Crippen molar-refractivity contribution in [3.05, 3.63) is 218 Å². The maximum atomic E-state index is 2.70. The molecule has 13 aromatic carbocycles. The van der Waals surface area contributed by atoms with E-state index in [1.165, 1.54) is 181 Å². The normalized spacial score (nSPS) is 13.4. The van der Waals surface area contributed by atoms with Crippen LogP contribution in [0.1, 0.15) is 0 Å². The number of aromatic nitrogens is 3. The van der Waals surface area contributed by atoms with Crippen molar-refractivity contribution in [1.82, 2.24) is 13.7 Å². The monoisotopic (exact) mass is 929 g/mol. The zero-order valence-corrected chi connectivity index (χ0v) is 39.7. The highest BCUT2D eigenvalue weighted by molar-refractivity contribution is 7.00. The Hall–Kier alpha value is -9.64. The predicted molar refractivity (Wildman–Crippen MR) is 313 cm³/mol. The number of hydrogen-bond acceptors (Lipinski definition) is 0. The molecule has 0 saturated carbocycles. The standard InChI is InChI=1S/C70H36BN3/c1-3-17-42-37(13-1)29-31-56-62(42)63-43-18-4-2-14-38(43)30-32-57(63)72(56)41-35-58-68-59(36-41)74-55-28-12-26-51-47-22-8-6-20-45(47)49-24-10-16-40-34-53(70(74)67(61(40)49)65(51)55)71(68)52-33-39-15-9-23-48-44-19-5-7-21-46(44)50-25-11-27-54-64(50)66(60(39)48)69(52)73(54)58/h1-36H. The molecule has 74 heavy (non-hydrogen) atoms. The SMILES string of the molecule is c1ccc2c(c1)-c1cccc3cc4c5c(c13)c1c-2cccc1n5-c1cc(-n2c3ccc5ccccc5c3c3c5ccccc5ccc32)cc2c1B4c1cc3cccc4c3c3c5c(cccc5n-2c13)-c1ccccc1-4. The van der Waals surface area contributed by atoms with Crippen LogP contribution in [0, 0.1) is 0 Å². The van der Waals surface area contributed by atoms with Gasteiger partial charge < -0.3 is 13.7 Å². The van der Waals surface area contributed by atoms with E-state index in [0.29, 0.717) is 0 Å². The molecule has 0 N–H and O–H groups in total. The summed E-state index contributed by atoms with van der Waals surface area (Å²) in [5.74, 6) is 0. The van der Waals surface area contributed by atoms with Crippen LogP contribution < -0.4 is 16.4 Å². The summed E-state index contributed by atoms with van der Waals surface area (Å²) in [7, 11) is 0. The molecule has 0 saturated heterocycles. The van der Waals surface area contributed by atoms with Crippen LogP contribution in [0.4, 0.5) is 0 Å². The van der Waals surface area contributed by atoms with E-state index in [2.05, 4.69) is 232 Å². The van der Waals surface area contributed by atoms with Gasteiger partial charge in [-0.05, 0) is 140 Å². The molecule has 0 bridgehead atoms. The first kappa shape index (κ1) is 37.2. The smallest absolute Gasteiger partial charge is 0.252 e. The molecule has 0 radical (unpaired) electrons. The lowest BCUT2D eigenvalue weighted by Crippen LogP contribution is -2.59. The Labute approximate surface area is 423 Å². The van der Waals surface area contributed by atoms with Gasteiger partial charge in [0.15, 0.2) is 0 Å². The van der Waals surface area contributed by atoms with Gasteiger partial charge in [-0.25, -0.2) is 0 Å². The van der Waals surface area contributed by atoms with Crippen LogP contribution >= 0.6 is 0 Å². The Kier molecular flexibility index (Phi) is 6.29. The third kappa shape index (κ3) is 4.06. The highest BCUT2D eigenvalue weighted by atomic mass is 15.1. The Morgan fingerprint density at radius 1 is 0.257 bits per heavy atom. The molecular weight excluding hydrogens is 894 g/mol. The maximum absolute atomic E-state index is 2.70. The van der Waals surface area contributed by atoms with E-state index < -0.39 is 0 Å². The van der Waals surface area contributed by atoms with Gasteiger partial charge in [-0.15, -0.1) is 0 Å². The van der Waals surface area contributed by atoms with Crippen molar-refractivity contribution < 1.29 is 0 Å². The zero-order chi connectivity index (χ0) is 47.4. The Bertz CT molecular complexity index is 5120. The van der Waals surface area contributed by atoms with Crippen molar-refractivity contribution in [3.8, 4) is 61.6 Å². The molecule has 3 nitrogen and oxygen atoms in total. The second kappa shape index (κ2) is 12.5. The van der Waals surface area contributed by atoms with E-state index in [9.17, 15) is 0 Å². The van der Waals surface area contributed by atoms with Gasteiger partial charge in [0.25, 0.3) is 6.71 Å². The molecule has 5 heterocycles. The first-order chi connectivity index (χ1) is 36.8. The van der Waals surface area contributed by atoms with E-state index in [4.69, 9.17) is 0 Å². The third-order valence-electron chi connectivity index (χ3n) is 18.2. The van der Waals surface area contributed by atoms with Gasteiger partial charge in [-0.3, -0.25) is 0 Å². The molecular formula is C70H36BN3. The first-order valence-corrected chi connectivity index (χ1v) is 26.0. The zero-order valence-electron chi connectivity index (χ0n) is 39.7. The summed E-state index contributed by atoms with van der Waals surface area (Å²) in [6, 6.07) is 84.0. The summed E-state index contributed by atoms with van der Waals surface area (Å²) in [6.45, 7) is -0.0435. The lowest BCUT2D eigenvalue weighted by Gasteiger charge is -2.35. The van der Waals surface area contributed by atoms with Crippen LogP contribution in [0.3, 0.4) is 0 Å². The lowest BCUT2D eigenvalue weighted by molar-refractivity contribution is 1.11. The van der Waals surface area contributed by atoms with E-state index >= 15 is 0 Å². The van der Waals surface area contributed by atoms with Gasteiger partial charge in [-0.1, -0.05) is 182 Å². The minimum absolute atomic E-state index is 0.0435. The number of fused-ring (bicyclic) bond motifs is 19. The van der Waals surface area contributed by atoms with Gasteiger partial charge in [0.05, 0.1) is 38.8 Å². The average molecular weight is 930 g/mol. The first-order valence-electron chi connectivity index (χ1n) is 26.0. The summed E-state index contributed by atoms with van der Waals surface area (Å²) in [4.78, 5) is 0. The number of hydrogen-bond donors (Lipinski definition) is 0. The molecule has 16 aromatic rings. The van der Waals surface area contributed by atoms with Crippen molar-refractivity contribution >= 4 is 132 Å². The Balaban J connectivity index is 1.04. The van der Waals surface area contributed by atoms with Gasteiger partial charge >= 0.3 is 0 Å². The molecule has 334 valence electrons. The number of nitrogens with zero attached hydrogens (tertiary/aromatic N) is 3. The minimum atomic E-state index is -0.0435. The fourth-order valence-electron chi connectivity index (χ4n) is 15.6. The van der Waals surface area contributed by atoms with Gasteiger partial charge in [0, 0.05) is 43.7 Å². The number of benzene rings is 13. The molecule has 0 unspecified atom stereocenters. The lowest BCUT2D eigenvalue weighted by atomic mass is 9.34. The molecule has 2 aliphatic carbocycles. The van der Waals surface area contributed by atoms with Crippen LogP contribution in [0.5, 0.6) is 0 Å². The van der Waals surface area contributed by atoms with E-state index in [1.807, 2.05) is 0 Å². The second-order valence-corrected chi connectivity index (χ2v) is 21.4. The molecule has 2 aliphatic heterocycles. The molecule has 4 aliphatic rings. The van der Waals surface area contributed by atoms with Crippen molar-refractivity contribution in [2.45, 2.75) is 0 Å². The molecule has 0 amide bonds. The van der Waals surface area contributed by atoms with Crippen LogP contribution in [-0.2, 0) is 0 Å². The fraction of sp³-hybridized carbons (Fsp3) is 0. The van der Waals surface area contributed by atoms with Gasteiger partial charge in [0.2, 0.25) is 0 Å². The van der Waals surface area contributed by atoms with Crippen molar-refractivity contribution in [2.24, 2.45) is 0 Å². The maximum Gasteiger partial charge on any atom is 0.252 e. The van der Waals surface area contributed by atoms with Crippen LogP contribution in [0.25, 0.3) is 170 Å². The molecule has 4 heteroatoms. The highest BCUT2D eigenvalue weighted by Gasteiger charge is 2.44. The number of rotatable bonds is 1. The quantitative estimate of drug-likeness (QED) is 0.146. The fourth-order valence-corrected chi connectivity index (χ4v) is 15.6. The van der Waals surface area contributed by atoms with Gasteiger partial charge in [-0.2, -0.15) is 0 Å². The van der Waals surface area contributed by atoms with Gasteiger partial charge in [0.1, 0.15) is 0 Å². The summed E-state index contributed by atoms with van der Waals surface area (Å²) in [5, 5.41) is 18.3. The van der Waals surface area contributed by atoms with Crippen molar-refractivity contribution in [1.29, 1.82) is 0 Å². The average Bonchev–Trinajstić information content (AvgIpc) is 4.18. The topological polar surface area (TPSA) is 14.8 Å². The van der Waals surface area contributed by atoms with Crippen molar-refractivity contribution in [3.63, 3.8) is 0 Å². The summed E-state index contributed by atoms with van der Waals surface area (Å²) >= 11 is 0. The highest BCUT2D eigenvalue weighted by Crippen LogP contribution is 2.54. The van der Waals surface area contributed by atoms with Crippen LogP contribution in [-0.4, -0.2) is 20.4 Å². The van der Waals surface area contributed by atoms with Crippen LogP contribution in [0.2, 0.25) is 0 Å². The predicted octanol–water partition coefficient (Wildman–Crippen LogP) is 16.0. The Morgan fingerprint density at radius 3 is 1.11 bits per heavy atom. The second-order valence-electron chi connectivity index (χ2n) is 21.4. The van der Waals surface area contributed by atoms with Crippen molar-refractivity contribution in [2.75, 3.05) is 0 Å².